The highest BCUT2D eigenvalue weighted by Crippen LogP contribution is 2.77. The van der Waals surface area contributed by atoms with Gasteiger partial charge in [0.25, 0.3) is 0 Å². The van der Waals surface area contributed by atoms with Gasteiger partial charge in [0.2, 0.25) is 0 Å². The van der Waals surface area contributed by atoms with E-state index in [9.17, 15) is 0 Å². The Morgan fingerprint density at radius 1 is 0.211 bits per heavy atom. The lowest BCUT2D eigenvalue weighted by molar-refractivity contribution is 0.0811. The number of fused-ring (bicyclic) bond motifs is 78. The third-order valence-electron chi connectivity index (χ3n) is 54.8. The molecule has 2 nitrogen and oxygen atoms in total. The molecule has 0 aromatic heterocycles. The van der Waals surface area contributed by atoms with Crippen LogP contribution in [0.15, 0.2) is 207 Å². The SMILES string of the molecule is C1=CC2C3C=CC(C3)C2C1.C1=CC2CC1C1C3CC(C21)C1C2C=CC(C2)C31.C1=CC2CC1C1C3CCC(C3)C21.C1=CC2CC1C1CC3C4C=CC(C4)C3C3C4C=CC(C4)C3C21.C1=CC2CC1C1CCC3C4C=CC(C4)C3CCC3C4C=CC(C4)C3CCC21.C1=CC2CC1C1CCCCCCCCCCC21.CC(C)C1CC2C=CC1C2.CC1C2C=CC(C2)C1C.CC1CC2C=CC1C2.COc1ccc(OC)c2c1C1C=CC2C1. The molecule has 38 aliphatic rings. The van der Waals surface area contributed by atoms with Gasteiger partial charge in [-0.05, 0) is 560 Å². The molecule has 0 heterocycles. The van der Waals surface area contributed by atoms with Gasteiger partial charge in [-0.15, -0.1) is 0 Å². The lowest BCUT2D eigenvalue weighted by Gasteiger charge is -2.42. The molecule has 0 amide bonds. The van der Waals surface area contributed by atoms with Crippen LogP contribution in [0.25, 0.3) is 0 Å². The predicted octanol–water partition coefficient (Wildman–Crippen LogP) is 35.8. The average molecular weight is 1970 g/mol. The number of rotatable bonds is 3. The van der Waals surface area contributed by atoms with Crippen molar-refractivity contribution >= 4 is 0 Å². The topological polar surface area (TPSA) is 18.5 Å². The molecule has 0 aliphatic heterocycles. The summed E-state index contributed by atoms with van der Waals surface area (Å²) in [6, 6.07) is 4.01. The summed E-state index contributed by atoms with van der Waals surface area (Å²) in [5.41, 5.74) is 2.67. The first kappa shape index (κ1) is 96.2. The molecule has 58 unspecified atom stereocenters. The minimum Gasteiger partial charge on any atom is -0.496 e. The summed E-state index contributed by atoms with van der Waals surface area (Å²) in [4.78, 5) is 0. The summed E-state index contributed by atoms with van der Waals surface area (Å²) in [6.07, 6.45) is 140. The molecular weight excluding hydrogens is 1770 g/mol. The molecule has 1 aromatic rings. The third kappa shape index (κ3) is 16.4. The van der Waals surface area contributed by atoms with Gasteiger partial charge in [-0.2, -0.15) is 0 Å². The van der Waals surface area contributed by atoms with Gasteiger partial charge < -0.3 is 9.47 Å². The van der Waals surface area contributed by atoms with Gasteiger partial charge in [-0.25, -0.2) is 0 Å². The minimum absolute atomic E-state index is 0.537. The average Bonchev–Trinajstić information content (AvgIpc) is 1.51. The normalized spacial score (nSPS) is 55.0. The molecular formula is C145H194O2. The Morgan fingerprint density at radius 3 is 0.830 bits per heavy atom. The van der Waals surface area contributed by atoms with Gasteiger partial charge >= 0.3 is 0 Å². The van der Waals surface area contributed by atoms with Crippen LogP contribution in [0, 0.1) is 349 Å². The number of allylic oxidation sites excluding steroid dienone is 32. The standard InChI is InChI=1S/C27H36.C22H26.C17H20.C17H28.C13H14O2.C12H16.C10H12.C10H16.C9H14.C8H12/c1-2-17-13-16(1)22-7-8-24-18-3-4-20(14-18)26(24)11-12-27-21-6-5-19(15-21)25(27)10-9-23(17)22;1-3-13-7-11(1)17-10-18-12-2-4-14(8-12)20(18)22-16-6-5-15(9-16)21(22)19(13)17;1-2-9-5-8(1)14-12-7-13(15(9)14)17-11-4-3-10(6-11)16(12)17;1-2-4-6-8-10-17-15-12-11-14(13-15)16(17)9-7-5-3-1;1-14-10-5-6-11(15-2)13-9-4-3-8(7-9)12(10)13;1-2-8-5-7(1)11-9-3-4-10(6-9)12(8)11;1-2-9-7-4-5-8(6-7)10(9)3-1;1-7(2)10-6-8-3-4-9(10)5-8;1-6-7(2)9-4-3-8(6)5-9;1-6-4-7-2-3-8(6)5-7/h1-6,16-27H,7-15H2;1-6,11-22H,7-10H2;1-4,8-17H,5-7H2;11-12,14-17H,1-10,13H2;3-6,8-9H,7H2,1-2H3;1-2,7-12H,3-6H2;1-2,4-5,7-10H,3,6H2;3-4,7-10H,5-6H2,1-2H3;3-4,6-9H,5H2,1-2H3;2-3,6-8H,4-5H2,1H3. The smallest absolute Gasteiger partial charge is 0.123 e. The van der Waals surface area contributed by atoms with Crippen molar-refractivity contribution in [2.24, 2.45) is 349 Å². The molecule has 786 valence electrons. The van der Waals surface area contributed by atoms with Gasteiger partial charge in [-0.1, -0.05) is 280 Å². The first-order valence-corrected chi connectivity index (χ1v) is 65.4. The maximum atomic E-state index is 5.42. The van der Waals surface area contributed by atoms with Crippen LogP contribution in [-0.4, -0.2) is 14.2 Å². The van der Waals surface area contributed by atoms with Crippen molar-refractivity contribution in [3.8, 4) is 11.5 Å². The molecule has 0 N–H and O–H groups in total. The zero-order chi connectivity index (χ0) is 97.6. The van der Waals surface area contributed by atoms with Crippen LogP contribution < -0.4 is 9.47 Å². The van der Waals surface area contributed by atoms with Crippen LogP contribution in [0.1, 0.15) is 308 Å². The van der Waals surface area contributed by atoms with E-state index in [1.165, 1.54) is 191 Å². The predicted molar refractivity (Wildman–Crippen MR) is 606 cm³/mol. The second-order valence-electron chi connectivity index (χ2n) is 60.3. The Labute approximate surface area is 892 Å². The summed E-state index contributed by atoms with van der Waals surface area (Å²) in [5.74, 6) is 63.0. The monoisotopic (exact) mass is 1970 g/mol. The van der Waals surface area contributed by atoms with Gasteiger partial charge in [0.15, 0.2) is 0 Å². The van der Waals surface area contributed by atoms with Crippen molar-refractivity contribution < 1.29 is 9.47 Å². The van der Waals surface area contributed by atoms with E-state index in [1.807, 2.05) is 12.1 Å². The van der Waals surface area contributed by atoms with Crippen molar-refractivity contribution in [2.45, 2.75) is 297 Å². The largest absolute Gasteiger partial charge is 0.496 e. The molecule has 0 radical (unpaired) electrons. The van der Waals surface area contributed by atoms with E-state index in [-0.39, 0.29) is 0 Å². The number of methoxy groups -OCH3 is 2. The van der Waals surface area contributed by atoms with Crippen LogP contribution in [0.4, 0.5) is 0 Å². The highest BCUT2D eigenvalue weighted by Gasteiger charge is 2.70. The lowest BCUT2D eigenvalue weighted by atomic mass is 9.62. The van der Waals surface area contributed by atoms with E-state index < -0.39 is 0 Å². The van der Waals surface area contributed by atoms with Crippen LogP contribution in [0.3, 0.4) is 0 Å². The molecule has 1 aromatic carbocycles. The van der Waals surface area contributed by atoms with Gasteiger partial charge in [0.05, 0.1) is 14.2 Å². The quantitative estimate of drug-likeness (QED) is 0.222. The second-order valence-corrected chi connectivity index (χ2v) is 60.3. The molecule has 2 heteroatoms. The van der Waals surface area contributed by atoms with E-state index in [4.69, 9.17) is 9.47 Å². The molecule has 34 bridgehead atoms. The van der Waals surface area contributed by atoms with E-state index in [0.29, 0.717) is 11.8 Å². The Balaban J connectivity index is 0.0000000772. The molecule has 0 saturated heterocycles. The highest BCUT2D eigenvalue weighted by molar-refractivity contribution is 5.60. The Morgan fingerprint density at radius 2 is 0.503 bits per heavy atom. The Hall–Kier alpha value is -5.34. The van der Waals surface area contributed by atoms with Crippen LogP contribution in [0.5, 0.6) is 11.5 Å². The number of hydrogen-bond donors (Lipinski definition) is 0. The van der Waals surface area contributed by atoms with E-state index in [0.717, 1.165) is 361 Å². The molecule has 58 atom stereocenters. The summed E-state index contributed by atoms with van der Waals surface area (Å²) >= 11 is 0. The molecule has 147 heavy (non-hydrogen) atoms. The maximum Gasteiger partial charge on any atom is 0.123 e. The minimum atomic E-state index is 0.537. The second kappa shape index (κ2) is 39.2. The number of ether oxygens (including phenoxy) is 2. The fraction of sp³-hybridized carbons (Fsp3) is 0.738. The van der Waals surface area contributed by atoms with Gasteiger partial charge in [-0.3, -0.25) is 0 Å². The van der Waals surface area contributed by atoms with E-state index >= 15 is 0 Å². The molecule has 39 rings (SSSR count). The summed E-state index contributed by atoms with van der Waals surface area (Å²) < 4.78 is 10.8. The summed E-state index contributed by atoms with van der Waals surface area (Å²) in [7, 11) is 3.47. The number of benzene rings is 1. The van der Waals surface area contributed by atoms with Crippen LogP contribution in [0.2, 0.25) is 0 Å². The highest BCUT2D eigenvalue weighted by atomic mass is 16.5. The third-order valence-corrected chi connectivity index (χ3v) is 54.8. The maximum absolute atomic E-state index is 5.42. The summed E-state index contributed by atoms with van der Waals surface area (Å²) in [6.45, 7) is 11.9. The zero-order valence-corrected chi connectivity index (χ0v) is 92.2. The Bertz CT molecular complexity index is 5100. The van der Waals surface area contributed by atoms with Crippen molar-refractivity contribution in [2.75, 3.05) is 14.2 Å². The van der Waals surface area contributed by atoms with Crippen molar-refractivity contribution in [1.29, 1.82) is 0 Å². The van der Waals surface area contributed by atoms with Crippen LogP contribution >= 0.6 is 0 Å². The fourth-order valence-corrected chi connectivity index (χ4v) is 49.0. The van der Waals surface area contributed by atoms with Crippen molar-refractivity contribution in [3.63, 3.8) is 0 Å². The zero-order valence-electron chi connectivity index (χ0n) is 92.2. The molecule has 0 spiro atoms. The lowest BCUT2D eigenvalue weighted by Crippen LogP contribution is -2.38. The van der Waals surface area contributed by atoms with Crippen LogP contribution in [-0.2, 0) is 0 Å². The van der Waals surface area contributed by atoms with Crippen molar-refractivity contribution in [1.82, 2.24) is 0 Å². The first-order chi connectivity index (χ1) is 72.2. The fourth-order valence-electron chi connectivity index (χ4n) is 49.0. The number of hydrogen-bond acceptors (Lipinski definition) is 2. The Kier molecular flexibility index (Phi) is 25.6. The molecule has 38 aliphatic carbocycles. The molecule has 21 fully saturated rings. The van der Waals surface area contributed by atoms with Gasteiger partial charge in [0.1, 0.15) is 11.5 Å². The first-order valence-electron chi connectivity index (χ1n) is 65.4. The van der Waals surface area contributed by atoms with Gasteiger partial charge in [0, 0.05) is 23.0 Å². The summed E-state index contributed by atoms with van der Waals surface area (Å²) in [5, 5.41) is 0. The van der Waals surface area contributed by atoms with E-state index in [1.54, 1.807) is 84.8 Å². The van der Waals surface area contributed by atoms with Crippen molar-refractivity contribution in [3.05, 3.63) is 218 Å². The molecule has 21 saturated carbocycles. The van der Waals surface area contributed by atoms with E-state index in [2.05, 4.69) is 229 Å².